The first kappa shape index (κ1) is 21.7. The fourth-order valence-electron chi connectivity index (χ4n) is 1.76. The predicted octanol–water partition coefficient (Wildman–Crippen LogP) is 3.56. The number of carbonyl (C=O) groups is 1. The number of hydrogen-bond donors (Lipinski definition) is 2. The zero-order valence-corrected chi connectivity index (χ0v) is 14.1. The number of hydrogen-bond acceptors (Lipinski definition) is 3. The number of carboxylic acid groups (broad SMARTS) is 1. The summed E-state index contributed by atoms with van der Waals surface area (Å²) < 4.78 is 5.51. The molecule has 4 heteroatoms. The van der Waals surface area contributed by atoms with Crippen LogP contribution in [0.3, 0.4) is 0 Å². The molecule has 0 spiro atoms. The van der Waals surface area contributed by atoms with Gasteiger partial charge in [0.05, 0.1) is 5.92 Å². The second kappa shape index (κ2) is 16.4. The van der Waals surface area contributed by atoms with Crippen molar-refractivity contribution < 1.29 is 14.6 Å². The van der Waals surface area contributed by atoms with Crippen molar-refractivity contribution in [2.75, 3.05) is 26.3 Å². The van der Waals surface area contributed by atoms with Gasteiger partial charge >= 0.3 is 5.97 Å². The highest BCUT2D eigenvalue weighted by molar-refractivity contribution is 5.70. The van der Waals surface area contributed by atoms with Crippen LogP contribution in [0.2, 0.25) is 0 Å². The lowest BCUT2D eigenvalue weighted by molar-refractivity contribution is -0.141. The molecular weight excluding hydrogens is 254 g/mol. The Morgan fingerprint density at radius 3 is 2.15 bits per heavy atom. The first-order valence-corrected chi connectivity index (χ1v) is 8.09. The summed E-state index contributed by atoms with van der Waals surface area (Å²) in [6.45, 7) is 13.2. The molecule has 0 aliphatic heterocycles. The molecule has 0 amide bonds. The third kappa shape index (κ3) is 15.4. The average Bonchev–Trinajstić information content (AvgIpc) is 2.42. The van der Waals surface area contributed by atoms with E-state index in [0.717, 1.165) is 31.9 Å². The molecule has 1 atom stereocenters. The van der Waals surface area contributed by atoms with E-state index < -0.39 is 5.97 Å². The fourth-order valence-corrected chi connectivity index (χ4v) is 1.76. The van der Waals surface area contributed by atoms with Crippen LogP contribution < -0.4 is 5.32 Å². The van der Waals surface area contributed by atoms with Gasteiger partial charge in [-0.3, -0.25) is 4.79 Å². The highest BCUT2D eigenvalue weighted by atomic mass is 16.5. The molecule has 0 aromatic rings. The molecule has 20 heavy (non-hydrogen) atoms. The van der Waals surface area contributed by atoms with Crippen LogP contribution in [0.4, 0.5) is 0 Å². The van der Waals surface area contributed by atoms with Crippen molar-refractivity contribution in [3.63, 3.8) is 0 Å². The Balaban J connectivity index is 0. The lowest BCUT2D eigenvalue weighted by Crippen LogP contribution is -2.28. The van der Waals surface area contributed by atoms with E-state index in [1.54, 1.807) is 0 Å². The quantitative estimate of drug-likeness (QED) is 0.539. The third-order valence-corrected chi connectivity index (χ3v) is 2.90. The summed E-state index contributed by atoms with van der Waals surface area (Å²) >= 11 is 0. The Bertz CT molecular complexity index is 208. The van der Waals surface area contributed by atoms with Crippen molar-refractivity contribution in [1.82, 2.24) is 5.32 Å². The molecule has 0 heterocycles. The molecule has 1 unspecified atom stereocenters. The molecule has 0 saturated carbocycles. The van der Waals surface area contributed by atoms with Gasteiger partial charge in [-0.2, -0.15) is 0 Å². The number of carboxylic acids is 1. The van der Waals surface area contributed by atoms with E-state index in [1.807, 2.05) is 20.8 Å². The Morgan fingerprint density at radius 1 is 1.15 bits per heavy atom. The second-order valence-corrected chi connectivity index (χ2v) is 5.13. The summed E-state index contributed by atoms with van der Waals surface area (Å²) in [6, 6.07) is 0. The molecule has 0 rings (SSSR count). The van der Waals surface area contributed by atoms with E-state index in [2.05, 4.69) is 19.2 Å². The maximum absolute atomic E-state index is 11.0. The van der Waals surface area contributed by atoms with Gasteiger partial charge in [0.25, 0.3) is 0 Å². The van der Waals surface area contributed by atoms with Gasteiger partial charge in [-0.25, -0.2) is 0 Å². The maximum Gasteiger partial charge on any atom is 0.307 e. The highest BCUT2D eigenvalue weighted by Gasteiger charge is 2.15. The predicted molar refractivity (Wildman–Crippen MR) is 85.1 cm³/mol. The minimum atomic E-state index is -0.712. The molecule has 0 saturated heterocycles. The summed E-state index contributed by atoms with van der Waals surface area (Å²) in [4.78, 5) is 11.0. The Morgan fingerprint density at radius 2 is 1.70 bits per heavy atom. The van der Waals surface area contributed by atoms with Gasteiger partial charge in [0.15, 0.2) is 0 Å². The standard InChI is InChI=1S/C14H29NO3.C2H6/c1-4-15-11-13(14(16)17)8-6-10-18-9-5-7-12(2)3;1-2/h12-13,15H,4-11H2,1-3H3,(H,16,17);1-2H3. The van der Waals surface area contributed by atoms with Crippen molar-refractivity contribution in [3.8, 4) is 0 Å². The van der Waals surface area contributed by atoms with E-state index in [9.17, 15) is 4.79 Å². The summed E-state index contributed by atoms with van der Waals surface area (Å²) in [5.41, 5.74) is 0. The van der Waals surface area contributed by atoms with Crippen molar-refractivity contribution in [1.29, 1.82) is 0 Å². The summed E-state index contributed by atoms with van der Waals surface area (Å²) in [5.74, 6) is -0.273. The first-order chi connectivity index (χ1) is 9.57. The summed E-state index contributed by atoms with van der Waals surface area (Å²) in [5, 5.41) is 12.1. The van der Waals surface area contributed by atoms with E-state index >= 15 is 0 Å². The van der Waals surface area contributed by atoms with Crippen molar-refractivity contribution in [2.24, 2.45) is 11.8 Å². The number of rotatable bonds is 12. The van der Waals surface area contributed by atoms with Gasteiger partial charge in [0, 0.05) is 19.8 Å². The number of aliphatic carboxylic acids is 1. The molecule has 0 aliphatic rings. The molecule has 2 N–H and O–H groups in total. The van der Waals surface area contributed by atoms with E-state index in [0.29, 0.717) is 19.6 Å². The van der Waals surface area contributed by atoms with Gasteiger partial charge < -0.3 is 15.2 Å². The highest BCUT2D eigenvalue weighted by Crippen LogP contribution is 2.07. The second-order valence-electron chi connectivity index (χ2n) is 5.13. The Kier molecular flexibility index (Phi) is 17.8. The topological polar surface area (TPSA) is 58.6 Å². The maximum atomic E-state index is 11.0. The van der Waals surface area contributed by atoms with E-state index in [1.165, 1.54) is 6.42 Å². The van der Waals surface area contributed by atoms with E-state index in [4.69, 9.17) is 9.84 Å². The van der Waals surface area contributed by atoms with Crippen LogP contribution in [0.5, 0.6) is 0 Å². The van der Waals surface area contributed by atoms with Crippen LogP contribution in [0, 0.1) is 11.8 Å². The molecule has 0 aromatic carbocycles. The molecule has 0 bridgehead atoms. The zero-order valence-electron chi connectivity index (χ0n) is 14.1. The lowest BCUT2D eigenvalue weighted by atomic mass is 10.0. The zero-order chi connectivity index (χ0) is 15.8. The van der Waals surface area contributed by atoms with Gasteiger partial charge in [-0.15, -0.1) is 0 Å². The van der Waals surface area contributed by atoms with Crippen LogP contribution in [-0.4, -0.2) is 37.4 Å². The van der Waals surface area contributed by atoms with Crippen molar-refractivity contribution in [3.05, 3.63) is 0 Å². The van der Waals surface area contributed by atoms with Crippen LogP contribution in [-0.2, 0) is 9.53 Å². The molecular formula is C16H35NO3. The molecule has 0 aromatic heterocycles. The third-order valence-electron chi connectivity index (χ3n) is 2.90. The summed E-state index contributed by atoms with van der Waals surface area (Å²) in [7, 11) is 0. The monoisotopic (exact) mass is 289 g/mol. The van der Waals surface area contributed by atoms with Crippen LogP contribution >= 0.6 is 0 Å². The van der Waals surface area contributed by atoms with Crippen LogP contribution in [0.25, 0.3) is 0 Å². The van der Waals surface area contributed by atoms with Gasteiger partial charge in [0.1, 0.15) is 0 Å². The van der Waals surface area contributed by atoms with Crippen molar-refractivity contribution in [2.45, 2.75) is 60.3 Å². The summed E-state index contributed by atoms with van der Waals surface area (Å²) in [6.07, 6.45) is 3.80. The Hall–Kier alpha value is -0.610. The SMILES string of the molecule is CC.CCNCC(CCCOCCCC(C)C)C(=O)O. The Labute approximate surface area is 125 Å². The normalized spacial score (nSPS) is 11.9. The average molecular weight is 289 g/mol. The molecule has 0 radical (unpaired) electrons. The van der Waals surface area contributed by atoms with Gasteiger partial charge in [-0.05, 0) is 38.1 Å². The van der Waals surface area contributed by atoms with Crippen LogP contribution in [0.1, 0.15) is 60.3 Å². The van der Waals surface area contributed by atoms with Crippen molar-refractivity contribution >= 4 is 5.97 Å². The largest absolute Gasteiger partial charge is 0.481 e. The fraction of sp³-hybridized carbons (Fsp3) is 0.938. The number of nitrogens with one attached hydrogen (secondary N) is 1. The first-order valence-electron chi connectivity index (χ1n) is 8.09. The minimum absolute atomic E-state index is 0.288. The number of ether oxygens (including phenoxy) is 1. The van der Waals surface area contributed by atoms with Gasteiger partial charge in [-0.1, -0.05) is 34.6 Å². The van der Waals surface area contributed by atoms with E-state index in [-0.39, 0.29) is 5.92 Å². The molecule has 122 valence electrons. The minimum Gasteiger partial charge on any atom is -0.481 e. The van der Waals surface area contributed by atoms with Crippen LogP contribution in [0.15, 0.2) is 0 Å². The smallest absolute Gasteiger partial charge is 0.307 e. The molecule has 4 nitrogen and oxygen atoms in total. The molecule has 0 aliphatic carbocycles. The lowest BCUT2D eigenvalue weighted by Gasteiger charge is -2.12. The molecule has 0 fully saturated rings. The van der Waals surface area contributed by atoms with Gasteiger partial charge in [0.2, 0.25) is 0 Å².